The molecule has 0 unspecified atom stereocenters. The van der Waals surface area contributed by atoms with Gasteiger partial charge in [-0.25, -0.2) is 0 Å². The number of aromatic nitrogens is 3. The Morgan fingerprint density at radius 2 is 1.28 bits per heavy atom. The molecule has 1 amide bonds. The molecule has 4 atom stereocenters. The fourth-order valence-corrected chi connectivity index (χ4v) is 5.03. The van der Waals surface area contributed by atoms with Crippen molar-refractivity contribution in [2.75, 3.05) is 46.6 Å². The van der Waals surface area contributed by atoms with E-state index in [1.54, 1.807) is 12.1 Å². The molecule has 0 saturated carbocycles. The van der Waals surface area contributed by atoms with E-state index in [0.29, 0.717) is 49.5 Å². The van der Waals surface area contributed by atoms with Crippen molar-refractivity contribution < 1.29 is 4.79 Å². The van der Waals surface area contributed by atoms with Crippen LogP contribution in [0.1, 0.15) is 19.8 Å². The topological polar surface area (TPSA) is 190 Å². The molecular formula is C21H32Cl3N11O. The number of nitrogens with zero attached hydrogens (tertiary/aromatic N) is 5. The molecule has 10 N–H and O–H groups in total. The number of carbonyl (C=O) groups is 1. The minimum atomic E-state index is -0.280. The third kappa shape index (κ3) is 6.97. The van der Waals surface area contributed by atoms with Crippen LogP contribution >= 0.6 is 35.6 Å². The van der Waals surface area contributed by atoms with Crippen molar-refractivity contribution in [1.82, 2.24) is 15.0 Å². The number of halogens is 3. The number of hydrogen-bond donors (Lipinski definition) is 6. The van der Waals surface area contributed by atoms with Crippen LogP contribution in [0.2, 0.25) is 10.0 Å². The van der Waals surface area contributed by atoms with Gasteiger partial charge in [0.05, 0.1) is 15.7 Å². The molecule has 3 heterocycles. The number of nitrogens with one attached hydrogen (secondary N) is 2. The van der Waals surface area contributed by atoms with Gasteiger partial charge in [0.15, 0.2) is 0 Å². The van der Waals surface area contributed by atoms with Crippen molar-refractivity contribution in [2.24, 2.45) is 22.9 Å². The molecule has 2 fully saturated rings. The second kappa shape index (κ2) is 11.9. The Labute approximate surface area is 225 Å². The highest BCUT2D eigenvalue weighted by Crippen LogP contribution is 2.35. The van der Waals surface area contributed by atoms with Crippen molar-refractivity contribution in [3.05, 3.63) is 22.2 Å². The summed E-state index contributed by atoms with van der Waals surface area (Å²) in [5.41, 5.74) is 25.7. The second-order valence-corrected chi connectivity index (χ2v) is 10.0. The van der Waals surface area contributed by atoms with E-state index in [0.717, 1.165) is 12.8 Å². The maximum Gasteiger partial charge on any atom is 0.233 e. The first-order valence-corrected chi connectivity index (χ1v) is 12.1. The molecular weight excluding hydrogens is 529 g/mol. The van der Waals surface area contributed by atoms with Crippen LogP contribution < -0.4 is 43.4 Å². The van der Waals surface area contributed by atoms with Crippen molar-refractivity contribution >= 4 is 70.7 Å². The van der Waals surface area contributed by atoms with Crippen LogP contribution in [0.4, 0.5) is 29.2 Å². The number of hydrogen-bond acceptors (Lipinski definition) is 11. The van der Waals surface area contributed by atoms with Gasteiger partial charge >= 0.3 is 0 Å². The number of piperidine rings is 2. The zero-order chi connectivity index (χ0) is 25.3. The van der Waals surface area contributed by atoms with Crippen LogP contribution in [-0.4, -0.2) is 71.2 Å². The minimum absolute atomic E-state index is 0. The van der Waals surface area contributed by atoms with Gasteiger partial charge in [-0.1, -0.05) is 23.2 Å². The highest BCUT2D eigenvalue weighted by Gasteiger charge is 2.29. The normalized spacial score (nSPS) is 24.2. The molecule has 2 aliphatic heterocycles. The van der Waals surface area contributed by atoms with Crippen molar-refractivity contribution in [2.45, 2.75) is 43.9 Å². The lowest BCUT2D eigenvalue weighted by atomic mass is 10.0. The molecule has 1 aromatic heterocycles. The Morgan fingerprint density at radius 3 is 1.67 bits per heavy atom. The van der Waals surface area contributed by atoms with Crippen LogP contribution in [0.5, 0.6) is 0 Å². The van der Waals surface area contributed by atoms with Gasteiger partial charge in [-0.2, -0.15) is 15.0 Å². The Balaban J connectivity index is 0.00000361. The maximum atomic E-state index is 11.4. The summed E-state index contributed by atoms with van der Waals surface area (Å²) in [6.07, 6.45) is 1.46. The number of rotatable bonds is 5. The maximum absolute atomic E-state index is 11.4. The molecule has 4 rings (SSSR count). The van der Waals surface area contributed by atoms with Gasteiger partial charge in [-0.05, 0) is 25.0 Å². The van der Waals surface area contributed by atoms with Crippen LogP contribution in [0.15, 0.2) is 12.1 Å². The summed E-state index contributed by atoms with van der Waals surface area (Å²) in [6.45, 7) is 3.65. The monoisotopic (exact) mass is 559 g/mol. The number of benzene rings is 1. The lowest BCUT2D eigenvalue weighted by molar-refractivity contribution is -0.114. The Morgan fingerprint density at radius 1 is 0.861 bits per heavy atom. The predicted molar refractivity (Wildman–Crippen MR) is 147 cm³/mol. The third-order valence-electron chi connectivity index (χ3n) is 5.81. The number of carbonyl (C=O) groups excluding carboxylic acids is 1. The van der Waals surface area contributed by atoms with Crippen molar-refractivity contribution in [1.29, 1.82) is 0 Å². The molecule has 36 heavy (non-hydrogen) atoms. The van der Waals surface area contributed by atoms with E-state index < -0.39 is 0 Å². The van der Waals surface area contributed by atoms with E-state index in [4.69, 9.17) is 51.1 Å². The zero-order valence-corrected chi connectivity index (χ0v) is 22.2. The van der Waals surface area contributed by atoms with Gasteiger partial charge in [-0.3, -0.25) is 4.79 Å². The highest BCUT2D eigenvalue weighted by atomic mass is 35.5. The molecule has 198 valence electrons. The van der Waals surface area contributed by atoms with E-state index in [2.05, 4.69) is 20.6 Å². The first kappa shape index (κ1) is 28.4. The van der Waals surface area contributed by atoms with Crippen LogP contribution in [0.3, 0.4) is 0 Å². The Hall–Kier alpha value is -2.19. The van der Waals surface area contributed by atoms with Crippen molar-refractivity contribution in [3.8, 4) is 0 Å². The zero-order valence-electron chi connectivity index (χ0n) is 19.8. The first-order valence-electron chi connectivity index (χ1n) is 11.4. The van der Waals surface area contributed by atoms with E-state index in [1.165, 1.54) is 6.92 Å². The van der Waals surface area contributed by atoms with Gasteiger partial charge in [0, 0.05) is 63.0 Å². The van der Waals surface area contributed by atoms with E-state index >= 15 is 0 Å². The molecule has 2 saturated heterocycles. The minimum Gasteiger partial charge on any atom is -0.338 e. The lowest BCUT2D eigenvalue weighted by Gasteiger charge is -2.37. The molecule has 0 bridgehead atoms. The predicted octanol–water partition coefficient (Wildman–Crippen LogP) is 1.03. The summed E-state index contributed by atoms with van der Waals surface area (Å²) in [7, 11) is 0. The van der Waals surface area contributed by atoms with Gasteiger partial charge in [-0.15, -0.1) is 12.4 Å². The van der Waals surface area contributed by atoms with E-state index in [-0.39, 0.29) is 58.5 Å². The Kier molecular flexibility index (Phi) is 9.39. The average molecular weight is 561 g/mol. The van der Waals surface area contributed by atoms with Gasteiger partial charge in [0.1, 0.15) is 0 Å². The fourth-order valence-electron chi connectivity index (χ4n) is 4.45. The molecule has 12 nitrogen and oxygen atoms in total. The van der Waals surface area contributed by atoms with Gasteiger partial charge < -0.3 is 43.4 Å². The van der Waals surface area contributed by atoms with Crippen LogP contribution in [0.25, 0.3) is 0 Å². The van der Waals surface area contributed by atoms with Crippen LogP contribution in [0, 0.1) is 0 Å². The quantitative estimate of drug-likeness (QED) is 0.306. The molecule has 0 radical (unpaired) electrons. The molecule has 0 aliphatic carbocycles. The van der Waals surface area contributed by atoms with E-state index in [1.807, 2.05) is 9.80 Å². The summed E-state index contributed by atoms with van der Waals surface area (Å²) in [5, 5.41) is 6.31. The molecule has 2 aliphatic rings. The lowest BCUT2D eigenvalue weighted by Crippen LogP contribution is -2.54. The highest BCUT2D eigenvalue weighted by molar-refractivity contribution is 6.40. The van der Waals surface area contributed by atoms with Crippen molar-refractivity contribution in [3.63, 3.8) is 0 Å². The first-order chi connectivity index (χ1) is 16.6. The molecule has 2 aromatic rings. The smallest absolute Gasteiger partial charge is 0.233 e. The van der Waals surface area contributed by atoms with Crippen LogP contribution in [-0.2, 0) is 4.79 Å². The number of nitrogens with two attached hydrogens (primary N) is 4. The fraction of sp³-hybridized carbons (Fsp3) is 0.524. The number of anilines is 5. The summed E-state index contributed by atoms with van der Waals surface area (Å²) >= 11 is 12.7. The summed E-state index contributed by atoms with van der Waals surface area (Å²) < 4.78 is 0. The largest absolute Gasteiger partial charge is 0.338 e. The summed E-state index contributed by atoms with van der Waals surface area (Å²) in [5.74, 6) is 0.896. The Bertz CT molecular complexity index is 1000. The number of amides is 1. The molecule has 15 heteroatoms. The van der Waals surface area contributed by atoms with Gasteiger partial charge in [0.25, 0.3) is 0 Å². The second-order valence-electron chi connectivity index (χ2n) is 9.20. The van der Waals surface area contributed by atoms with Gasteiger partial charge in [0.2, 0.25) is 23.8 Å². The van der Waals surface area contributed by atoms with E-state index in [9.17, 15) is 4.79 Å². The molecule has 0 spiro atoms. The summed E-state index contributed by atoms with van der Waals surface area (Å²) in [4.78, 5) is 29.3. The summed E-state index contributed by atoms with van der Waals surface area (Å²) in [6, 6.07) is 2.89. The standard InChI is InChI=1S/C21H31Cl2N11O.ClH/c1-10(35)28-18-16(22)4-15(5-17(18)23)29-19-30-20(33-6-11(24)2-12(25)7-33)32-21(31-19)34-8-13(26)3-14(27)9-34;/h4-5,11-14H,2-3,6-9,24-27H2,1H3,(H,28,35)(H,29,30,31,32);1H/t11-,12+,13-,14+;. The third-order valence-corrected chi connectivity index (χ3v) is 6.40. The SMILES string of the molecule is CC(=O)Nc1c(Cl)cc(Nc2nc(N3C[C@H](N)C[C@H](N)C3)nc(N3C[C@H](N)C[C@H](N)C3)n2)cc1Cl.Cl. The average Bonchev–Trinajstić information content (AvgIpc) is 2.74. The molecule has 1 aromatic carbocycles.